The lowest BCUT2D eigenvalue weighted by molar-refractivity contribution is 0.0610. The molecule has 0 atom stereocenters. The average Bonchev–Trinajstić information content (AvgIpc) is 2.82. The van der Waals surface area contributed by atoms with Crippen molar-refractivity contribution < 1.29 is 23.4 Å². The molecule has 5 N–H and O–H groups in total. The number of rotatable bonds is 5. The molecular formula is C13H18N2O5S. The molecule has 0 heterocycles. The molecule has 0 saturated heterocycles. The smallest absolute Gasteiger partial charge is 0.337 e. The van der Waals surface area contributed by atoms with Crippen molar-refractivity contribution in [2.45, 2.75) is 36.2 Å². The van der Waals surface area contributed by atoms with E-state index in [0.29, 0.717) is 12.8 Å². The quantitative estimate of drug-likeness (QED) is 0.634. The molecular weight excluding hydrogens is 296 g/mol. The lowest BCUT2D eigenvalue weighted by atomic mass is 10.0. The minimum atomic E-state index is -3.96. The molecule has 7 nitrogen and oxygen atoms in total. The third-order valence-corrected chi connectivity index (χ3v) is 4.60. The highest BCUT2D eigenvalue weighted by Crippen LogP contribution is 2.30. The molecule has 0 unspecified atom stereocenters. The normalized spacial score (nSPS) is 17.6. The average molecular weight is 314 g/mol. The minimum absolute atomic E-state index is 0.192. The number of benzene rings is 1. The van der Waals surface area contributed by atoms with Crippen LogP contribution in [-0.4, -0.2) is 36.7 Å². The van der Waals surface area contributed by atoms with Crippen molar-refractivity contribution in [2.24, 2.45) is 5.14 Å². The van der Waals surface area contributed by atoms with E-state index in [2.05, 4.69) is 5.32 Å². The Hall–Kier alpha value is -1.64. The molecule has 1 aliphatic rings. The Labute approximate surface area is 122 Å². The number of hydrogen-bond donors (Lipinski definition) is 4. The van der Waals surface area contributed by atoms with Crippen LogP contribution in [0.15, 0.2) is 23.1 Å². The van der Waals surface area contributed by atoms with E-state index in [4.69, 9.17) is 5.14 Å². The minimum Gasteiger partial charge on any atom is -0.478 e. The van der Waals surface area contributed by atoms with E-state index in [0.717, 1.165) is 18.9 Å². The number of carboxylic acids is 1. The standard InChI is InChI=1S/C13H18N2O5S/c14-21(19,20)9-3-4-11(10(7-9)12(16)17)15-8-13(18)5-1-2-6-13/h3-4,7,15,18H,1-2,5-6,8H2,(H,16,17)(H2,14,19,20). The molecule has 1 saturated carbocycles. The Morgan fingerprint density at radius 1 is 1.33 bits per heavy atom. The molecule has 1 aliphatic carbocycles. The first-order valence-electron chi connectivity index (χ1n) is 6.58. The van der Waals surface area contributed by atoms with Gasteiger partial charge in [0.1, 0.15) is 0 Å². The number of hydrogen-bond acceptors (Lipinski definition) is 5. The van der Waals surface area contributed by atoms with Gasteiger partial charge in [0.25, 0.3) is 0 Å². The second-order valence-corrected chi connectivity index (χ2v) is 6.90. The zero-order chi connectivity index (χ0) is 15.7. The van der Waals surface area contributed by atoms with Gasteiger partial charge in [-0.25, -0.2) is 18.4 Å². The zero-order valence-electron chi connectivity index (χ0n) is 11.4. The Kier molecular flexibility index (Phi) is 4.22. The number of carboxylic acid groups (broad SMARTS) is 1. The monoisotopic (exact) mass is 314 g/mol. The summed E-state index contributed by atoms with van der Waals surface area (Å²) in [5, 5.41) is 27.3. The highest BCUT2D eigenvalue weighted by molar-refractivity contribution is 7.89. The van der Waals surface area contributed by atoms with Gasteiger partial charge in [0, 0.05) is 12.2 Å². The summed E-state index contributed by atoms with van der Waals surface area (Å²) in [4.78, 5) is 11.0. The summed E-state index contributed by atoms with van der Waals surface area (Å²) in [6.07, 6.45) is 3.21. The van der Waals surface area contributed by atoms with Crippen molar-refractivity contribution in [3.63, 3.8) is 0 Å². The summed E-state index contributed by atoms with van der Waals surface area (Å²) in [6.45, 7) is 0.224. The maximum Gasteiger partial charge on any atom is 0.337 e. The number of nitrogens with one attached hydrogen (secondary N) is 1. The van der Waals surface area contributed by atoms with Crippen LogP contribution in [0.5, 0.6) is 0 Å². The van der Waals surface area contributed by atoms with Crippen LogP contribution in [0.1, 0.15) is 36.0 Å². The van der Waals surface area contributed by atoms with E-state index in [9.17, 15) is 23.4 Å². The van der Waals surface area contributed by atoms with Crippen molar-refractivity contribution in [2.75, 3.05) is 11.9 Å². The first kappa shape index (κ1) is 15.7. The maximum atomic E-state index is 11.3. The largest absolute Gasteiger partial charge is 0.478 e. The van der Waals surface area contributed by atoms with E-state index in [-0.39, 0.29) is 22.7 Å². The van der Waals surface area contributed by atoms with Crippen LogP contribution >= 0.6 is 0 Å². The van der Waals surface area contributed by atoms with Crippen molar-refractivity contribution in [3.05, 3.63) is 23.8 Å². The van der Waals surface area contributed by atoms with Gasteiger partial charge in [-0.1, -0.05) is 12.8 Å². The first-order chi connectivity index (χ1) is 9.71. The summed E-state index contributed by atoms with van der Waals surface area (Å²) >= 11 is 0. The highest BCUT2D eigenvalue weighted by Gasteiger charge is 2.31. The molecule has 116 valence electrons. The van der Waals surface area contributed by atoms with Gasteiger partial charge in [-0.3, -0.25) is 0 Å². The predicted molar refractivity (Wildman–Crippen MR) is 76.7 cm³/mol. The van der Waals surface area contributed by atoms with Gasteiger partial charge in [0.15, 0.2) is 0 Å². The Morgan fingerprint density at radius 3 is 2.48 bits per heavy atom. The fourth-order valence-electron chi connectivity index (χ4n) is 2.50. The summed E-state index contributed by atoms with van der Waals surface area (Å²) in [5.41, 5.74) is -0.771. The number of anilines is 1. The van der Waals surface area contributed by atoms with Crippen LogP contribution in [0.4, 0.5) is 5.69 Å². The summed E-state index contributed by atoms with van der Waals surface area (Å²) in [5.74, 6) is -1.26. The van der Waals surface area contributed by atoms with Crippen molar-refractivity contribution in [1.29, 1.82) is 0 Å². The lowest BCUT2D eigenvalue weighted by Crippen LogP contribution is -2.33. The van der Waals surface area contributed by atoms with Gasteiger partial charge in [0.05, 0.1) is 16.1 Å². The number of aromatic carboxylic acids is 1. The third-order valence-electron chi connectivity index (χ3n) is 3.69. The Balaban J connectivity index is 2.25. The lowest BCUT2D eigenvalue weighted by Gasteiger charge is -2.23. The highest BCUT2D eigenvalue weighted by atomic mass is 32.2. The molecule has 0 amide bonds. The topological polar surface area (TPSA) is 130 Å². The van der Waals surface area contributed by atoms with Gasteiger partial charge < -0.3 is 15.5 Å². The van der Waals surface area contributed by atoms with Gasteiger partial charge in [0.2, 0.25) is 10.0 Å². The van der Waals surface area contributed by atoms with Crippen LogP contribution < -0.4 is 10.5 Å². The van der Waals surface area contributed by atoms with E-state index in [1.165, 1.54) is 12.1 Å². The molecule has 1 aromatic rings. The fourth-order valence-corrected chi connectivity index (χ4v) is 3.04. The summed E-state index contributed by atoms with van der Waals surface area (Å²) in [7, 11) is -3.96. The van der Waals surface area contributed by atoms with Crippen molar-refractivity contribution in [1.82, 2.24) is 0 Å². The zero-order valence-corrected chi connectivity index (χ0v) is 12.2. The Bertz CT molecular complexity index is 651. The third kappa shape index (κ3) is 3.72. The SMILES string of the molecule is NS(=O)(=O)c1ccc(NCC2(O)CCCC2)c(C(=O)O)c1. The van der Waals surface area contributed by atoms with Crippen LogP contribution in [0.2, 0.25) is 0 Å². The van der Waals surface area contributed by atoms with Crippen LogP contribution in [0.3, 0.4) is 0 Å². The summed E-state index contributed by atoms with van der Waals surface area (Å²) in [6, 6.07) is 3.60. The number of nitrogens with two attached hydrogens (primary N) is 1. The molecule has 0 aromatic heterocycles. The number of carbonyl (C=O) groups is 1. The number of sulfonamides is 1. The van der Waals surface area contributed by atoms with Gasteiger partial charge >= 0.3 is 5.97 Å². The van der Waals surface area contributed by atoms with Crippen molar-refractivity contribution in [3.8, 4) is 0 Å². The molecule has 21 heavy (non-hydrogen) atoms. The molecule has 2 rings (SSSR count). The van der Waals surface area contributed by atoms with E-state index in [1.807, 2.05) is 0 Å². The van der Waals surface area contributed by atoms with Gasteiger partial charge in [-0.2, -0.15) is 0 Å². The molecule has 1 aromatic carbocycles. The molecule has 0 aliphatic heterocycles. The first-order valence-corrected chi connectivity index (χ1v) is 8.12. The molecule has 8 heteroatoms. The van der Waals surface area contributed by atoms with Gasteiger partial charge in [-0.05, 0) is 31.0 Å². The maximum absolute atomic E-state index is 11.3. The van der Waals surface area contributed by atoms with Crippen LogP contribution in [-0.2, 0) is 10.0 Å². The fraction of sp³-hybridized carbons (Fsp3) is 0.462. The molecule has 1 fully saturated rings. The van der Waals surface area contributed by atoms with Crippen LogP contribution in [0, 0.1) is 0 Å². The summed E-state index contributed by atoms with van der Waals surface area (Å²) < 4.78 is 22.5. The molecule has 0 bridgehead atoms. The van der Waals surface area contributed by atoms with E-state index < -0.39 is 21.6 Å². The Morgan fingerprint density at radius 2 is 1.95 bits per heavy atom. The molecule has 0 radical (unpaired) electrons. The van der Waals surface area contributed by atoms with Crippen LogP contribution in [0.25, 0.3) is 0 Å². The van der Waals surface area contributed by atoms with E-state index in [1.54, 1.807) is 0 Å². The number of primary sulfonamides is 1. The second-order valence-electron chi connectivity index (χ2n) is 5.34. The van der Waals surface area contributed by atoms with E-state index >= 15 is 0 Å². The number of aliphatic hydroxyl groups is 1. The van der Waals surface area contributed by atoms with Crippen molar-refractivity contribution >= 4 is 21.7 Å². The second kappa shape index (κ2) is 5.63. The molecule has 0 spiro atoms. The predicted octanol–water partition coefficient (Wildman–Crippen LogP) is 0.749. The van der Waals surface area contributed by atoms with Gasteiger partial charge in [-0.15, -0.1) is 0 Å².